The van der Waals surface area contributed by atoms with Crippen molar-refractivity contribution >= 4 is 28.1 Å². The van der Waals surface area contributed by atoms with Crippen LogP contribution in [0.1, 0.15) is 24.2 Å². The summed E-state index contributed by atoms with van der Waals surface area (Å²) < 4.78 is 1.70. The van der Waals surface area contributed by atoms with Gasteiger partial charge < -0.3 is 21.0 Å². The quantitative estimate of drug-likeness (QED) is 0.450. The Balaban J connectivity index is 1.90. The van der Waals surface area contributed by atoms with Crippen LogP contribution >= 0.6 is 0 Å². The summed E-state index contributed by atoms with van der Waals surface area (Å²) >= 11 is 0. The Labute approximate surface area is 148 Å². The van der Waals surface area contributed by atoms with E-state index in [9.17, 15) is 9.59 Å². The van der Waals surface area contributed by atoms with Crippen LogP contribution < -0.4 is 16.7 Å². The summed E-state index contributed by atoms with van der Waals surface area (Å²) in [5.74, 6) is -0.530. The number of nitrogens with two attached hydrogens (primary N) is 1. The minimum atomic E-state index is -0.530. The second-order valence-electron chi connectivity index (χ2n) is 6.49. The fraction of sp³-hybridized carbons (Fsp3) is 0.167. The number of primary amides is 1. The topological polar surface area (TPSA) is 121 Å². The van der Waals surface area contributed by atoms with E-state index in [4.69, 9.17) is 5.73 Å². The number of benzene rings is 1. The maximum absolute atomic E-state index is 11.8. The number of rotatable bonds is 4. The SMILES string of the molecule is CC(C)Nc1c(C(N)=O)cnn2cc(-c3ccc4[nH]c(=O)[nH]c4c3)cc12. The third-order valence-corrected chi connectivity index (χ3v) is 4.18. The van der Waals surface area contributed by atoms with Gasteiger partial charge in [0.2, 0.25) is 0 Å². The zero-order valence-corrected chi connectivity index (χ0v) is 14.3. The number of imidazole rings is 1. The Kier molecular flexibility index (Phi) is 3.54. The van der Waals surface area contributed by atoms with Crippen LogP contribution in [0, 0.1) is 0 Å². The molecule has 3 heterocycles. The molecule has 0 saturated heterocycles. The molecule has 0 aliphatic rings. The first-order valence-electron chi connectivity index (χ1n) is 8.22. The van der Waals surface area contributed by atoms with Gasteiger partial charge in [0.1, 0.15) is 0 Å². The Morgan fingerprint density at radius 1 is 1.19 bits per heavy atom. The minimum absolute atomic E-state index is 0.124. The average Bonchev–Trinajstić information content (AvgIpc) is 3.15. The molecule has 0 spiro atoms. The monoisotopic (exact) mass is 350 g/mol. The summed E-state index contributed by atoms with van der Waals surface area (Å²) in [7, 11) is 0. The molecule has 0 saturated carbocycles. The Bertz CT molecular complexity index is 1200. The maximum atomic E-state index is 11.8. The van der Waals surface area contributed by atoms with Gasteiger partial charge in [-0.25, -0.2) is 9.31 Å². The third kappa shape index (κ3) is 2.61. The van der Waals surface area contributed by atoms with Crippen LogP contribution in [0.5, 0.6) is 0 Å². The number of carbonyl (C=O) groups is 1. The highest BCUT2D eigenvalue weighted by molar-refractivity contribution is 6.02. The van der Waals surface area contributed by atoms with Crippen LogP contribution in [0.25, 0.3) is 27.7 Å². The largest absolute Gasteiger partial charge is 0.380 e. The molecule has 3 aromatic heterocycles. The predicted octanol–water partition coefficient (Wildman–Crippen LogP) is 2.09. The average molecular weight is 350 g/mol. The second kappa shape index (κ2) is 5.76. The predicted molar refractivity (Wildman–Crippen MR) is 100 cm³/mol. The Hall–Kier alpha value is -3.55. The van der Waals surface area contributed by atoms with Crippen molar-refractivity contribution in [3.05, 3.63) is 52.7 Å². The minimum Gasteiger partial charge on any atom is -0.380 e. The molecule has 0 atom stereocenters. The molecule has 0 aliphatic carbocycles. The van der Waals surface area contributed by atoms with E-state index in [2.05, 4.69) is 20.4 Å². The molecule has 0 unspecified atom stereocenters. The second-order valence-corrected chi connectivity index (χ2v) is 6.49. The zero-order valence-electron chi connectivity index (χ0n) is 14.3. The van der Waals surface area contributed by atoms with Crippen molar-refractivity contribution in [2.45, 2.75) is 19.9 Å². The number of H-pyrrole nitrogens is 2. The molecule has 26 heavy (non-hydrogen) atoms. The lowest BCUT2D eigenvalue weighted by atomic mass is 10.1. The molecule has 132 valence electrons. The zero-order chi connectivity index (χ0) is 18.4. The number of nitrogens with one attached hydrogen (secondary N) is 3. The van der Waals surface area contributed by atoms with Gasteiger partial charge >= 0.3 is 5.69 Å². The number of amides is 1. The fourth-order valence-electron chi connectivity index (χ4n) is 3.05. The highest BCUT2D eigenvalue weighted by Crippen LogP contribution is 2.29. The van der Waals surface area contributed by atoms with E-state index < -0.39 is 5.91 Å². The van der Waals surface area contributed by atoms with Gasteiger partial charge in [-0.05, 0) is 37.6 Å². The first-order valence-corrected chi connectivity index (χ1v) is 8.22. The summed E-state index contributed by atoms with van der Waals surface area (Å²) in [5, 5.41) is 7.58. The van der Waals surface area contributed by atoms with Crippen molar-refractivity contribution in [2.75, 3.05) is 5.32 Å². The lowest BCUT2D eigenvalue weighted by molar-refractivity contribution is 0.100. The molecule has 8 heteroatoms. The number of anilines is 1. The summed E-state index contributed by atoms with van der Waals surface area (Å²) in [4.78, 5) is 28.7. The van der Waals surface area contributed by atoms with Gasteiger partial charge in [-0.15, -0.1) is 0 Å². The molecular formula is C18H18N6O2. The highest BCUT2D eigenvalue weighted by Gasteiger charge is 2.16. The number of aromatic nitrogens is 4. The van der Waals surface area contributed by atoms with Gasteiger partial charge in [-0.3, -0.25) is 4.79 Å². The molecule has 8 nitrogen and oxygen atoms in total. The third-order valence-electron chi connectivity index (χ3n) is 4.18. The van der Waals surface area contributed by atoms with Gasteiger partial charge in [0.15, 0.2) is 0 Å². The molecular weight excluding hydrogens is 332 g/mol. The van der Waals surface area contributed by atoms with Crippen molar-refractivity contribution in [3.63, 3.8) is 0 Å². The fourth-order valence-corrected chi connectivity index (χ4v) is 3.05. The standard InChI is InChI=1S/C18H18N6O2/c1-9(2)21-16-12(17(19)25)7-20-24-8-11(6-15(16)24)10-3-4-13-14(5-10)23-18(26)22-13/h3-9,21H,1-2H3,(H2,19,25)(H2,22,23,26). The smallest absolute Gasteiger partial charge is 0.323 e. The number of hydrogen-bond acceptors (Lipinski definition) is 4. The van der Waals surface area contributed by atoms with Crippen molar-refractivity contribution in [1.29, 1.82) is 0 Å². The first-order chi connectivity index (χ1) is 12.4. The number of nitrogens with zero attached hydrogens (tertiary/aromatic N) is 2. The van der Waals surface area contributed by atoms with Crippen LogP contribution in [-0.2, 0) is 0 Å². The summed E-state index contributed by atoms with van der Waals surface area (Å²) in [6, 6.07) is 7.73. The summed E-state index contributed by atoms with van der Waals surface area (Å²) in [5.41, 5.74) is 10.3. The van der Waals surface area contributed by atoms with Crippen LogP contribution in [0.3, 0.4) is 0 Å². The maximum Gasteiger partial charge on any atom is 0.323 e. The number of aromatic amines is 2. The van der Waals surface area contributed by atoms with Crippen molar-refractivity contribution in [1.82, 2.24) is 19.6 Å². The number of hydrogen-bond donors (Lipinski definition) is 4. The van der Waals surface area contributed by atoms with E-state index in [0.717, 1.165) is 27.7 Å². The molecule has 1 amide bonds. The summed E-state index contributed by atoms with van der Waals surface area (Å²) in [6.45, 7) is 3.98. The molecule has 1 aromatic carbocycles. The van der Waals surface area contributed by atoms with Gasteiger partial charge in [0.05, 0.1) is 34.0 Å². The molecule has 4 rings (SSSR count). The Morgan fingerprint density at radius 2 is 1.96 bits per heavy atom. The van der Waals surface area contributed by atoms with Crippen LogP contribution in [0.4, 0.5) is 5.69 Å². The number of carbonyl (C=O) groups excluding carboxylic acids is 1. The normalized spacial score (nSPS) is 11.5. The molecule has 0 radical (unpaired) electrons. The van der Waals surface area contributed by atoms with Crippen molar-refractivity contribution in [2.24, 2.45) is 5.73 Å². The summed E-state index contributed by atoms with van der Waals surface area (Å²) in [6.07, 6.45) is 3.34. The molecule has 0 aliphatic heterocycles. The molecule has 5 N–H and O–H groups in total. The van der Waals surface area contributed by atoms with E-state index in [-0.39, 0.29) is 11.7 Å². The van der Waals surface area contributed by atoms with E-state index >= 15 is 0 Å². The Morgan fingerprint density at radius 3 is 2.69 bits per heavy atom. The lowest BCUT2D eigenvalue weighted by Gasteiger charge is -2.14. The van der Waals surface area contributed by atoms with Gasteiger partial charge in [-0.2, -0.15) is 5.10 Å². The van der Waals surface area contributed by atoms with Gasteiger partial charge in [-0.1, -0.05) is 6.07 Å². The molecule has 0 bridgehead atoms. The van der Waals surface area contributed by atoms with Crippen molar-refractivity contribution in [3.8, 4) is 11.1 Å². The van der Waals surface area contributed by atoms with Gasteiger partial charge in [0.25, 0.3) is 5.91 Å². The van der Waals surface area contributed by atoms with E-state index in [0.29, 0.717) is 11.3 Å². The lowest BCUT2D eigenvalue weighted by Crippen LogP contribution is -2.19. The van der Waals surface area contributed by atoms with Crippen molar-refractivity contribution < 1.29 is 4.79 Å². The van der Waals surface area contributed by atoms with Crippen LogP contribution in [0.15, 0.2) is 41.5 Å². The molecule has 4 aromatic rings. The van der Waals surface area contributed by atoms with E-state index in [1.807, 2.05) is 44.3 Å². The van der Waals surface area contributed by atoms with E-state index in [1.54, 1.807) is 4.52 Å². The number of fused-ring (bicyclic) bond motifs is 2. The van der Waals surface area contributed by atoms with Crippen LogP contribution in [0.2, 0.25) is 0 Å². The highest BCUT2D eigenvalue weighted by atomic mass is 16.1. The van der Waals surface area contributed by atoms with Crippen LogP contribution in [-0.4, -0.2) is 31.5 Å². The first kappa shape index (κ1) is 15.9. The van der Waals surface area contributed by atoms with Gasteiger partial charge in [0, 0.05) is 17.8 Å². The van der Waals surface area contributed by atoms with E-state index in [1.165, 1.54) is 6.20 Å². The molecule has 0 fully saturated rings.